The van der Waals surface area contributed by atoms with E-state index in [1.165, 1.54) is 6.33 Å². The predicted octanol–water partition coefficient (Wildman–Crippen LogP) is 4.07. The Kier molecular flexibility index (Phi) is 4.92. The first-order valence-electron chi connectivity index (χ1n) is 8.67. The third-order valence-electron chi connectivity index (χ3n) is 4.74. The van der Waals surface area contributed by atoms with E-state index >= 15 is 0 Å². The summed E-state index contributed by atoms with van der Waals surface area (Å²) >= 11 is 6.03. The average Bonchev–Trinajstić information content (AvgIpc) is 3.21. The molecule has 1 atom stereocenters. The molecule has 7 nitrogen and oxygen atoms in total. The van der Waals surface area contributed by atoms with Crippen molar-refractivity contribution >= 4 is 23.3 Å². The van der Waals surface area contributed by atoms with Crippen LogP contribution in [0.15, 0.2) is 47.7 Å². The lowest BCUT2D eigenvalue weighted by Gasteiger charge is -2.26. The van der Waals surface area contributed by atoms with E-state index in [1.54, 1.807) is 26.0 Å². The minimum atomic E-state index is -0.157. The van der Waals surface area contributed by atoms with Gasteiger partial charge in [0.1, 0.15) is 12.1 Å². The second-order valence-electron chi connectivity index (χ2n) is 6.24. The first-order valence-corrected chi connectivity index (χ1v) is 9.05. The van der Waals surface area contributed by atoms with Gasteiger partial charge in [0.25, 0.3) is 0 Å². The van der Waals surface area contributed by atoms with Crippen molar-refractivity contribution in [3.8, 4) is 17.2 Å². The van der Waals surface area contributed by atoms with Crippen molar-refractivity contribution in [1.29, 1.82) is 0 Å². The van der Waals surface area contributed by atoms with Gasteiger partial charge in [0.2, 0.25) is 5.95 Å². The molecule has 1 unspecified atom stereocenters. The summed E-state index contributed by atoms with van der Waals surface area (Å²) in [6, 6.07) is 11.2. The highest BCUT2D eigenvalue weighted by Crippen LogP contribution is 2.42. The van der Waals surface area contributed by atoms with Crippen molar-refractivity contribution in [3.63, 3.8) is 0 Å². The van der Waals surface area contributed by atoms with Gasteiger partial charge < -0.3 is 14.2 Å². The highest BCUT2D eigenvalue weighted by Gasteiger charge is 2.29. The lowest BCUT2D eigenvalue weighted by atomic mass is 9.95. The minimum Gasteiger partial charge on any atom is -0.496 e. The second-order valence-corrected chi connectivity index (χ2v) is 6.68. The first-order chi connectivity index (χ1) is 13.6. The molecular weight excluding hydrogens is 380 g/mol. The summed E-state index contributed by atoms with van der Waals surface area (Å²) in [5, 5.41) is 5.06. The van der Waals surface area contributed by atoms with E-state index in [2.05, 4.69) is 15.1 Å². The molecule has 0 radical (unpaired) electrons. The van der Waals surface area contributed by atoms with Crippen LogP contribution in [0.25, 0.3) is 0 Å². The smallest absolute Gasteiger partial charge is 0.248 e. The predicted molar refractivity (Wildman–Crippen MR) is 107 cm³/mol. The Labute approximate surface area is 167 Å². The van der Waals surface area contributed by atoms with Crippen molar-refractivity contribution in [1.82, 2.24) is 14.8 Å². The molecule has 0 bridgehead atoms. The van der Waals surface area contributed by atoms with E-state index in [0.717, 1.165) is 16.8 Å². The van der Waals surface area contributed by atoms with Gasteiger partial charge in [-0.1, -0.05) is 23.7 Å². The maximum atomic E-state index is 6.03. The van der Waals surface area contributed by atoms with E-state index in [0.29, 0.717) is 34.6 Å². The summed E-state index contributed by atoms with van der Waals surface area (Å²) in [4.78, 5) is 8.98. The highest BCUT2D eigenvalue weighted by molar-refractivity contribution is 6.30. The van der Waals surface area contributed by atoms with Crippen LogP contribution in [0.5, 0.6) is 17.2 Å². The number of aliphatic imine (C=N–C) groups is 1. The molecule has 3 aromatic rings. The van der Waals surface area contributed by atoms with Crippen LogP contribution in [-0.2, 0) is 0 Å². The zero-order chi connectivity index (χ0) is 19.7. The molecular formula is C20H19ClN4O3. The number of benzene rings is 2. The minimum absolute atomic E-state index is 0.157. The molecule has 1 aromatic heterocycles. The molecule has 8 heteroatoms. The topological polar surface area (TPSA) is 70.8 Å². The molecule has 4 rings (SSSR count). The van der Waals surface area contributed by atoms with Gasteiger partial charge in [-0.25, -0.2) is 9.67 Å². The monoisotopic (exact) mass is 398 g/mol. The standard InChI is InChI=1S/C20H19ClN4O3/c1-26-17-10-19(28-3)18(27-2)8-14(17)16-9-15(12-4-6-13(21)7-5-12)24-20-22-11-23-25(16)20/h4-8,10-11,16H,9H2,1-3H3. The van der Waals surface area contributed by atoms with Crippen LogP contribution in [-0.4, -0.2) is 41.8 Å². The van der Waals surface area contributed by atoms with Gasteiger partial charge in [0.05, 0.1) is 33.1 Å². The third kappa shape index (κ3) is 3.18. The van der Waals surface area contributed by atoms with Gasteiger partial charge >= 0.3 is 0 Å². The zero-order valence-corrected chi connectivity index (χ0v) is 16.5. The third-order valence-corrected chi connectivity index (χ3v) is 5.00. The van der Waals surface area contributed by atoms with Gasteiger partial charge in [-0.05, 0) is 23.8 Å². The Bertz CT molecular complexity index is 1030. The van der Waals surface area contributed by atoms with Gasteiger partial charge in [0.15, 0.2) is 11.5 Å². The molecule has 0 saturated carbocycles. The van der Waals surface area contributed by atoms with E-state index in [9.17, 15) is 0 Å². The van der Waals surface area contributed by atoms with Crippen LogP contribution in [0.4, 0.5) is 5.95 Å². The molecule has 2 aromatic carbocycles. The summed E-state index contributed by atoms with van der Waals surface area (Å²) in [6.07, 6.45) is 2.12. The number of methoxy groups -OCH3 is 3. The highest BCUT2D eigenvalue weighted by atomic mass is 35.5. The molecule has 0 N–H and O–H groups in total. The maximum Gasteiger partial charge on any atom is 0.248 e. The fraction of sp³-hybridized carbons (Fsp3) is 0.250. The number of nitrogens with zero attached hydrogens (tertiary/aromatic N) is 4. The van der Waals surface area contributed by atoms with Crippen LogP contribution < -0.4 is 14.2 Å². The molecule has 1 aliphatic rings. The lowest BCUT2D eigenvalue weighted by Crippen LogP contribution is -2.22. The summed E-state index contributed by atoms with van der Waals surface area (Å²) in [6.45, 7) is 0. The fourth-order valence-electron chi connectivity index (χ4n) is 3.36. The Morgan fingerprint density at radius 3 is 2.32 bits per heavy atom. The molecule has 0 spiro atoms. The van der Waals surface area contributed by atoms with Crippen LogP contribution in [0, 0.1) is 0 Å². The maximum absolute atomic E-state index is 6.03. The second kappa shape index (κ2) is 7.52. The number of fused-ring (bicyclic) bond motifs is 1. The number of ether oxygens (including phenoxy) is 3. The fourth-order valence-corrected chi connectivity index (χ4v) is 3.49. The molecule has 2 heterocycles. The van der Waals surface area contributed by atoms with E-state index in [1.807, 2.05) is 36.4 Å². The number of aromatic nitrogens is 3. The summed E-state index contributed by atoms with van der Waals surface area (Å²) in [5.41, 5.74) is 2.80. The quantitative estimate of drug-likeness (QED) is 0.647. The normalized spacial score (nSPS) is 15.6. The summed E-state index contributed by atoms with van der Waals surface area (Å²) in [5.74, 6) is 2.44. The van der Waals surface area contributed by atoms with Crippen LogP contribution >= 0.6 is 11.6 Å². The largest absolute Gasteiger partial charge is 0.496 e. The number of rotatable bonds is 5. The van der Waals surface area contributed by atoms with Crippen molar-refractivity contribution in [2.24, 2.45) is 4.99 Å². The Morgan fingerprint density at radius 2 is 1.64 bits per heavy atom. The Hall–Kier alpha value is -3.06. The molecule has 144 valence electrons. The molecule has 0 amide bonds. The van der Waals surface area contributed by atoms with Gasteiger partial charge in [-0.15, -0.1) is 0 Å². The SMILES string of the molecule is COc1cc(OC)c(C2CC(c3ccc(Cl)cc3)=Nc3ncnn32)cc1OC. The van der Waals surface area contributed by atoms with Gasteiger partial charge in [-0.2, -0.15) is 10.1 Å². The van der Waals surface area contributed by atoms with E-state index < -0.39 is 0 Å². The Morgan fingerprint density at radius 1 is 0.964 bits per heavy atom. The number of hydrogen-bond donors (Lipinski definition) is 0. The first kappa shape index (κ1) is 18.3. The van der Waals surface area contributed by atoms with Crippen molar-refractivity contribution in [2.45, 2.75) is 12.5 Å². The summed E-state index contributed by atoms with van der Waals surface area (Å²) in [7, 11) is 4.83. The van der Waals surface area contributed by atoms with E-state index in [-0.39, 0.29) is 6.04 Å². The molecule has 0 aliphatic carbocycles. The number of halogens is 1. The van der Waals surface area contributed by atoms with Crippen LogP contribution in [0.2, 0.25) is 5.02 Å². The average molecular weight is 399 g/mol. The van der Waals surface area contributed by atoms with Crippen LogP contribution in [0.1, 0.15) is 23.6 Å². The molecule has 0 fully saturated rings. The molecule has 1 aliphatic heterocycles. The molecule has 0 saturated heterocycles. The van der Waals surface area contributed by atoms with Gasteiger partial charge in [-0.3, -0.25) is 0 Å². The van der Waals surface area contributed by atoms with E-state index in [4.69, 9.17) is 25.8 Å². The Balaban J connectivity index is 1.82. The van der Waals surface area contributed by atoms with Crippen LogP contribution in [0.3, 0.4) is 0 Å². The van der Waals surface area contributed by atoms with Gasteiger partial charge in [0, 0.05) is 23.1 Å². The summed E-state index contributed by atoms with van der Waals surface area (Å²) < 4.78 is 18.3. The van der Waals surface area contributed by atoms with Crippen molar-refractivity contribution < 1.29 is 14.2 Å². The lowest BCUT2D eigenvalue weighted by molar-refractivity contribution is 0.344. The van der Waals surface area contributed by atoms with Crippen molar-refractivity contribution in [3.05, 3.63) is 58.9 Å². The number of hydrogen-bond acceptors (Lipinski definition) is 6. The molecule has 28 heavy (non-hydrogen) atoms. The zero-order valence-electron chi connectivity index (χ0n) is 15.7. The van der Waals surface area contributed by atoms with Crippen molar-refractivity contribution in [2.75, 3.05) is 21.3 Å².